The number of amides is 1. The Kier molecular flexibility index (Phi) is 4.29. The zero-order valence-electron chi connectivity index (χ0n) is 10.1. The van der Waals surface area contributed by atoms with E-state index in [-0.39, 0.29) is 22.7 Å². The normalized spacial score (nSPS) is 10.4. The van der Waals surface area contributed by atoms with Gasteiger partial charge in [0.05, 0.1) is 6.42 Å². The molecule has 0 saturated heterocycles. The first-order valence-corrected chi connectivity index (χ1v) is 6.03. The molecule has 1 amide bonds. The average molecular weight is 300 g/mol. The molecule has 0 aliphatic heterocycles. The summed E-state index contributed by atoms with van der Waals surface area (Å²) in [5.74, 6) is -3.27. The van der Waals surface area contributed by atoms with Crippen LogP contribution in [0, 0.1) is 17.5 Å². The van der Waals surface area contributed by atoms with Crippen LogP contribution >= 0.6 is 11.6 Å². The fraction of sp³-hybridized carbons (Fsp3) is 0.0714. The van der Waals surface area contributed by atoms with Crippen LogP contribution in [0.15, 0.2) is 36.4 Å². The number of rotatable bonds is 3. The number of carbonyl (C=O) groups is 1. The Labute approximate surface area is 118 Å². The minimum absolute atomic E-state index is 0.0502. The number of halogens is 4. The van der Waals surface area contributed by atoms with Crippen molar-refractivity contribution in [2.75, 3.05) is 5.32 Å². The Hall–Kier alpha value is -2.01. The molecule has 0 heterocycles. The minimum Gasteiger partial charge on any atom is -0.326 e. The van der Waals surface area contributed by atoms with Crippen molar-refractivity contribution in [1.29, 1.82) is 0 Å². The highest BCUT2D eigenvalue weighted by Crippen LogP contribution is 2.20. The van der Waals surface area contributed by atoms with Crippen LogP contribution in [0.25, 0.3) is 0 Å². The summed E-state index contributed by atoms with van der Waals surface area (Å²) < 4.78 is 39.2. The van der Waals surface area contributed by atoms with E-state index in [1.165, 1.54) is 24.3 Å². The molecule has 0 atom stereocenters. The van der Waals surface area contributed by atoms with Crippen molar-refractivity contribution >= 4 is 23.2 Å². The second-order valence-corrected chi connectivity index (χ2v) is 4.46. The Morgan fingerprint density at radius 2 is 1.80 bits per heavy atom. The summed E-state index contributed by atoms with van der Waals surface area (Å²) in [6, 6.07) is 7.02. The van der Waals surface area contributed by atoms with Gasteiger partial charge in [0.1, 0.15) is 5.82 Å². The number of hydrogen-bond donors (Lipinski definition) is 1. The predicted octanol–water partition coefficient (Wildman–Crippen LogP) is 3.94. The summed E-state index contributed by atoms with van der Waals surface area (Å²) in [5, 5.41) is 2.47. The molecule has 0 spiro atoms. The quantitative estimate of drug-likeness (QED) is 0.914. The molecule has 0 unspecified atom stereocenters. The molecular weight excluding hydrogens is 291 g/mol. The van der Waals surface area contributed by atoms with Crippen molar-refractivity contribution in [2.45, 2.75) is 6.42 Å². The Morgan fingerprint density at radius 1 is 1.05 bits per heavy atom. The van der Waals surface area contributed by atoms with E-state index in [1.807, 2.05) is 0 Å². The van der Waals surface area contributed by atoms with Gasteiger partial charge in [-0.1, -0.05) is 17.7 Å². The van der Waals surface area contributed by atoms with Crippen LogP contribution in [-0.4, -0.2) is 5.91 Å². The molecule has 2 rings (SSSR count). The number of benzene rings is 2. The predicted molar refractivity (Wildman–Crippen MR) is 70.1 cm³/mol. The van der Waals surface area contributed by atoms with Gasteiger partial charge in [0.15, 0.2) is 11.6 Å². The molecule has 104 valence electrons. The maximum Gasteiger partial charge on any atom is 0.228 e. The topological polar surface area (TPSA) is 29.1 Å². The number of nitrogens with one attached hydrogen (secondary N) is 1. The van der Waals surface area contributed by atoms with Gasteiger partial charge in [-0.25, -0.2) is 13.2 Å². The monoisotopic (exact) mass is 299 g/mol. The lowest BCUT2D eigenvalue weighted by Gasteiger charge is -2.07. The summed E-state index contributed by atoms with van der Waals surface area (Å²) >= 11 is 5.79. The Morgan fingerprint density at radius 3 is 2.45 bits per heavy atom. The van der Waals surface area contributed by atoms with E-state index in [2.05, 4.69) is 5.32 Å². The number of carbonyl (C=O) groups excluding carboxylic acids is 1. The highest BCUT2D eigenvalue weighted by molar-refractivity contribution is 6.31. The van der Waals surface area contributed by atoms with Crippen molar-refractivity contribution in [2.24, 2.45) is 0 Å². The van der Waals surface area contributed by atoms with Gasteiger partial charge in [-0.3, -0.25) is 4.79 Å². The third kappa shape index (κ3) is 3.30. The first kappa shape index (κ1) is 14.4. The molecule has 0 aliphatic carbocycles. The first-order valence-electron chi connectivity index (χ1n) is 5.65. The molecule has 0 aliphatic rings. The van der Waals surface area contributed by atoms with E-state index in [4.69, 9.17) is 11.6 Å². The zero-order valence-corrected chi connectivity index (χ0v) is 10.8. The molecule has 0 radical (unpaired) electrons. The van der Waals surface area contributed by atoms with Crippen LogP contribution in [0.5, 0.6) is 0 Å². The molecule has 2 aromatic rings. The van der Waals surface area contributed by atoms with Gasteiger partial charge in [-0.05, 0) is 24.3 Å². The van der Waals surface area contributed by atoms with E-state index in [0.717, 1.165) is 12.1 Å². The highest BCUT2D eigenvalue weighted by atomic mass is 35.5. The molecule has 2 aromatic carbocycles. The summed E-state index contributed by atoms with van der Waals surface area (Å²) in [4.78, 5) is 11.7. The van der Waals surface area contributed by atoms with Crippen LogP contribution in [0.1, 0.15) is 5.56 Å². The summed E-state index contributed by atoms with van der Waals surface area (Å²) in [6.07, 6.45) is -0.301. The van der Waals surface area contributed by atoms with Crippen molar-refractivity contribution in [1.82, 2.24) is 0 Å². The van der Waals surface area contributed by atoms with Crippen molar-refractivity contribution < 1.29 is 18.0 Å². The maximum absolute atomic E-state index is 13.5. The smallest absolute Gasteiger partial charge is 0.228 e. The summed E-state index contributed by atoms with van der Waals surface area (Å²) in [6.45, 7) is 0. The third-order valence-corrected chi connectivity index (χ3v) is 2.96. The lowest BCUT2D eigenvalue weighted by molar-refractivity contribution is -0.115. The van der Waals surface area contributed by atoms with Crippen molar-refractivity contribution in [3.63, 3.8) is 0 Å². The fourth-order valence-electron chi connectivity index (χ4n) is 1.64. The largest absolute Gasteiger partial charge is 0.326 e. The molecule has 0 saturated carbocycles. The molecule has 0 aromatic heterocycles. The van der Waals surface area contributed by atoms with E-state index in [0.29, 0.717) is 0 Å². The van der Waals surface area contributed by atoms with Gasteiger partial charge in [-0.2, -0.15) is 0 Å². The maximum atomic E-state index is 13.5. The lowest BCUT2D eigenvalue weighted by Crippen LogP contribution is -2.15. The van der Waals surface area contributed by atoms with E-state index < -0.39 is 23.4 Å². The van der Waals surface area contributed by atoms with E-state index in [9.17, 15) is 18.0 Å². The fourth-order valence-corrected chi connectivity index (χ4v) is 1.87. The Balaban J connectivity index is 2.11. The molecule has 1 N–H and O–H groups in total. The van der Waals surface area contributed by atoms with Crippen LogP contribution in [0.3, 0.4) is 0 Å². The van der Waals surface area contributed by atoms with Gasteiger partial charge < -0.3 is 5.32 Å². The molecule has 20 heavy (non-hydrogen) atoms. The second-order valence-electron chi connectivity index (χ2n) is 4.05. The van der Waals surface area contributed by atoms with Gasteiger partial charge in [0.25, 0.3) is 0 Å². The lowest BCUT2D eigenvalue weighted by atomic mass is 10.1. The first-order chi connectivity index (χ1) is 9.47. The minimum atomic E-state index is -1.08. The zero-order chi connectivity index (χ0) is 14.7. The molecule has 2 nitrogen and oxygen atoms in total. The van der Waals surface area contributed by atoms with Crippen LogP contribution in [0.4, 0.5) is 18.9 Å². The average Bonchev–Trinajstić information content (AvgIpc) is 2.38. The number of hydrogen-bond acceptors (Lipinski definition) is 1. The van der Waals surface area contributed by atoms with Crippen molar-refractivity contribution in [3.05, 3.63) is 64.4 Å². The summed E-state index contributed by atoms with van der Waals surface area (Å²) in [5.41, 5.74) is 0.135. The van der Waals surface area contributed by atoms with Gasteiger partial charge in [0, 0.05) is 22.3 Å². The van der Waals surface area contributed by atoms with Crippen LogP contribution in [-0.2, 0) is 11.2 Å². The molecular formula is C14H9ClF3NO. The van der Waals surface area contributed by atoms with Gasteiger partial charge >= 0.3 is 0 Å². The van der Waals surface area contributed by atoms with E-state index >= 15 is 0 Å². The molecule has 6 heteroatoms. The van der Waals surface area contributed by atoms with Crippen molar-refractivity contribution in [3.8, 4) is 0 Å². The molecule has 0 fully saturated rings. The standard InChI is InChI=1S/C14H9ClF3NO/c15-10-2-1-3-11(16)9(10)7-14(20)19-8-4-5-12(17)13(18)6-8/h1-6H,7H2,(H,19,20). The number of anilines is 1. The van der Waals surface area contributed by atoms with E-state index in [1.54, 1.807) is 0 Å². The van der Waals surface area contributed by atoms with Crippen LogP contribution < -0.4 is 5.32 Å². The third-order valence-electron chi connectivity index (χ3n) is 2.60. The SMILES string of the molecule is O=C(Cc1c(F)cccc1Cl)Nc1ccc(F)c(F)c1. The second kappa shape index (κ2) is 5.96. The Bertz CT molecular complexity index is 641. The highest BCUT2D eigenvalue weighted by Gasteiger charge is 2.12. The van der Waals surface area contributed by atoms with Crippen LogP contribution in [0.2, 0.25) is 5.02 Å². The van der Waals surface area contributed by atoms with Gasteiger partial charge in [-0.15, -0.1) is 0 Å². The van der Waals surface area contributed by atoms with Gasteiger partial charge in [0.2, 0.25) is 5.91 Å². The molecule has 0 bridgehead atoms. The summed E-state index contributed by atoms with van der Waals surface area (Å²) in [7, 11) is 0.